The van der Waals surface area contributed by atoms with Crippen LogP contribution in [0.1, 0.15) is 30.8 Å². The van der Waals surface area contributed by atoms with E-state index in [1.807, 2.05) is 24.4 Å². The molecule has 0 amide bonds. The molecule has 0 aliphatic heterocycles. The fourth-order valence-electron chi connectivity index (χ4n) is 1.98. The van der Waals surface area contributed by atoms with Crippen molar-refractivity contribution >= 4 is 11.3 Å². The molecule has 114 valence electrons. The van der Waals surface area contributed by atoms with Gasteiger partial charge in [-0.1, -0.05) is 13.0 Å². The lowest BCUT2D eigenvalue weighted by molar-refractivity contribution is 0.268. The van der Waals surface area contributed by atoms with Gasteiger partial charge in [-0.05, 0) is 37.5 Å². The molecular weight excluding hydrogens is 284 g/mol. The van der Waals surface area contributed by atoms with Gasteiger partial charge in [0.25, 0.3) is 0 Å². The Bertz CT molecular complexity index is 543. The Labute approximate surface area is 129 Å². The average molecular weight is 306 g/mol. The molecule has 0 radical (unpaired) electrons. The molecule has 5 heteroatoms. The number of rotatable bonds is 8. The van der Waals surface area contributed by atoms with Gasteiger partial charge in [-0.15, -0.1) is 11.3 Å². The van der Waals surface area contributed by atoms with Gasteiger partial charge in [0.2, 0.25) is 0 Å². The second-order valence-electron chi connectivity index (χ2n) is 4.80. The summed E-state index contributed by atoms with van der Waals surface area (Å²) in [6.07, 6.45) is 3.59. The SMILES string of the molecule is CCOc1cc(CC(N)CC)ccc1OCc1nccs1. The van der Waals surface area contributed by atoms with E-state index in [1.54, 1.807) is 17.5 Å². The number of aromatic nitrogens is 1. The first-order chi connectivity index (χ1) is 10.2. The van der Waals surface area contributed by atoms with E-state index in [0.717, 1.165) is 29.3 Å². The molecule has 1 unspecified atom stereocenters. The van der Waals surface area contributed by atoms with E-state index < -0.39 is 0 Å². The summed E-state index contributed by atoms with van der Waals surface area (Å²) in [5.74, 6) is 1.52. The Kier molecular flexibility index (Phi) is 6.02. The van der Waals surface area contributed by atoms with Crippen molar-refractivity contribution in [2.75, 3.05) is 6.61 Å². The molecule has 0 spiro atoms. The Hall–Kier alpha value is -1.59. The summed E-state index contributed by atoms with van der Waals surface area (Å²) in [6, 6.07) is 6.21. The van der Waals surface area contributed by atoms with E-state index in [9.17, 15) is 0 Å². The van der Waals surface area contributed by atoms with Crippen LogP contribution in [-0.4, -0.2) is 17.6 Å². The summed E-state index contributed by atoms with van der Waals surface area (Å²) in [5, 5.41) is 2.90. The molecule has 2 rings (SSSR count). The number of ether oxygens (including phenoxy) is 2. The molecule has 0 aliphatic rings. The van der Waals surface area contributed by atoms with Crippen molar-refractivity contribution < 1.29 is 9.47 Å². The first-order valence-corrected chi connectivity index (χ1v) is 8.13. The minimum absolute atomic E-state index is 0.182. The molecule has 0 fully saturated rings. The summed E-state index contributed by atoms with van der Waals surface area (Å²) in [7, 11) is 0. The van der Waals surface area contributed by atoms with E-state index in [0.29, 0.717) is 13.2 Å². The van der Waals surface area contributed by atoms with Gasteiger partial charge in [-0.25, -0.2) is 4.98 Å². The molecule has 1 atom stereocenters. The van der Waals surface area contributed by atoms with Crippen molar-refractivity contribution in [1.29, 1.82) is 0 Å². The summed E-state index contributed by atoms with van der Waals surface area (Å²) in [4.78, 5) is 4.21. The van der Waals surface area contributed by atoms with Crippen LogP contribution in [-0.2, 0) is 13.0 Å². The second kappa shape index (κ2) is 8.00. The van der Waals surface area contributed by atoms with Crippen molar-refractivity contribution in [3.05, 3.63) is 40.3 Å². The van der Waals surface area contributed by atoms with Gasteiger partial charge in [-0.2, -0.15) is 0 Å². The van der Waals surface area contributed by atoms with Crippen molar-refractivity contribution in [3.63, 3.8) is 0 Å². The van der Waals surface area contributed by atoms with E-state index >= 15 is 0 Å². The molecular formula is C16H22N2O2S. The predicted molar refractivity (Wildman–Crippen MR) is 86.0 cm³/mol. The highest BCUT2D eigenvalue weighted by Crippen LogP contribution is 2.30. The third-order valence-electron chi connectivity index (χ3n) is 3.16. The van der Waals surface area contributed by atoms with Crippen LogP contribution in [0.15, 0.2) is 29.8 Å². The van der Waals surface area contributed by atoms with E-state index in [-0.39, 0.29) is 6.04 Å². The molecule has 1 aromatic heterocycles. The third kappa shape index (κ3) is 4.72. The first kappa shape index (κ1) is 15.8. The van der Waals surface area contributed by atoms with Crippen LogP contribution in [0.25, 0.3) is 0 Å². The summed E-state index contributed by atoms with van der Waals surface area (Å²) in [6.45, 7) is 5.14. The smallest absolute Gasteiger partial charge is 0.161 e. The quantitative estimate of drug-likeness (QED) is 0.812. The maximum atomic E-state index is 6.01. The fraction of sp³-hybridized carbons (Fsp3) is 0.438. The summed E-state index contributed by atoms with van der Waals surface area (Å²) < 4.78 is 11.5. The fourth-order valence-corrected chi connectivity index (χ4v) is 2.51. The molecule has 2 N–H and O–H groups in total. The van der Waals surface area contributed by atoms with E-state index in [1.165, 1.54) is 5.56 Å². The van der Waals surface area contributed by atoms with Crippen LogP contribution in [0, 0.1) is 0 Å². The Balaban J connectivity index is 2.08. The molecule has 0 bridgehead atoms. The number of hydrogen-bond donors (Lipinski definition) is 1. The number of nitrogens with zero attached hydrogens (tertiary/aromatic N) is 1. The topological polar surface area (TPSA) is 57.4 Å². The van der Waals surface area contributed by atoms with Crippen molar-refractivity contribution in [2.45, 2.75) is 39.3 Å². The van der Waals surface area contributed by atoms with Gasteiger partial charge >= 0.3 is 0 Å². The van der Waals surface area contributed by atoms with Gasteiger partial charge in [0, 0.05) is 17.6 Å². The molecule has 1 heterocycles. The maximum absolute atomic E-state index is 6.01. The number of hydrogen-bond acceptors (Lipinski definition) is 5. The van der Waals surface area contributed by atoms with Crippen LogP contribution >= 0.6 is 11.3 Å². The second-order valence-corrected chi connectivity index (χ2v) is 5.78. The Morgan fingerprint density at radius 1 is 1.24 bits per heavy atom. The highest BCUT2D eigenvalue weighted by molar-refractivity contribution is 7.09. The summed E-state index contributed by atoms with van der Waals surface area (Å²) in [5.41, 5.74) is 7.19. The van der Waals surface area contributed by atoms with Gasteiger partial charge in [0.05, 0.1) is 6.61 Å². The van der Waals surface area contributed by atoms with Crippen LogP contribution in [0.4, 0.5) is 0 Å². The van der Waals surface area contributed by atoms with Crippen LogP contribution < -0.4 is 15.2 Å². The zero-order valence-corrected chi connectivity index (χ0v) is 13.4. The van der Waals surface area contributed by atoms with Crippen LogP contribution in [0.3, 0.4) is 0 Å². The molecule has 1 aromatic carbocycles. The molecule has 0 aliphatic carbocycles. The minimum Gasteiger partial charge on any atom is -0.490 e. The Morgan fingerprint density at radius 3 is 2.76 bits per heavy atom. The predicted octanol–water partition coefficient (Wildman–Crippen LogP) is 3.40. The lowest BCUT2D eigenvalue weighted by Crippen LogP contribution is -2.21. The zero-order valence-electron chi connectivity index (χ0n) is 12.5. The lowest BCUT2D eigenvalue weighted by Gasteiger charge is -2.14. The third-order valence-corrected chi connectivity index (χ3v) is 3.92. The van der Waals surface area contributed by atoms with Gasteiger partial charge in [-0.3, -0.25) is 0 Å². The monoisotopic (exact) mass is 306 g/mol. The van der Waals surface area contributed by atoms with Crippen molar-refractivity contribution in [3.8, 4) is 11.5 Å². The molecule has 21 heavy (non-hydrogen) atoms. The van der Waals surface area contributed by atoms with Gasteiger partial charge in [0.15, 0.2) is 11.5 Å². The van der Waals surface area contributed by atoms with Crippen LogP contribution in [0.5, 0.6) is 11.5 Å². The zero-order chi connectivity index (χ0) is 15.1. The molecule has 4 nitrogen and oxygen atoms in total. The number of benzene rings is 1. The average Bonchev–Trinajstić information content (AvgIpc) is 3.00. The summed E-state index contributed by atoms with van der Waals surface area (Å²) >= 11 is 1.58. The highest BCUT2D eigenvalue weighted by atomic mass is 32.1. The van der Waals surface area contributed by atoms with Gasteiger partial charge in [0.1, 0.15) is 11.6 Å². The van der Waals surface area contributed by atoms with E-state index in [4.69, 9.17) is 15.2 Å². The highest BCUT2D eigenvalue weighted by Gasteiger charge is 2.09. The van der Waals surface area contributed by atoms with Crippen molar-refractivity contribution in [1.82, 2.24) is 4.98 Å². The van der Waals surface area contributed by atoms with Crippen LogP contribution in [0.2, 0.25) is 0 Å². The lowest BCUT2D eigenvalue weighted by atomic mass is 10.0. The molecule has 0 saturated carbocycles. The number of nitrogens with two attached hydrogens (primary N) is 1. The standard InChI is InChI=1S/C16H22N2O2S/c1-3-13(17)9-12-5-6-14(15(10-12)19-4-2)20-11-16-18-7-8-21-16/h5-8,10,13H,3-4,9,11,17H2,1-2H3. The largest absolute Gasteiger partial charge is 0.490 e. The number of thiazole rings is 1. The maximum Gasteiger partial charge on any atom is 0.161 e. The van der Waals surface area contributed by atoms with Crippen molar-refractivity contribution in [2.24, 2.45) is 5.73 Å². The minimum atomic E-state index is 0.182. The Morgan fingerprint density at radius 2 is 2.10 bits per heavy atom. The van der Waals surface area contributed by atoms with E-state index in [2.05, 4.69) is 18.0 Å². The molecule has 0 saturated heterocycles. The normalized spacial score (nSPS) is 12.1. The van der Waals surface area contributed by atoms with Gasteiger partial charge < -0.3 is 15.2 Å². The molecule has 2 aromatic rings. The first-order valence-electron chi connectivity index (χ1n) is 7.25.